The molecule has 0 amide bonds. The van der Waals surface area contributed by atoms with E-state index in [-0.39, 0.29) is 5.41 Å². The summed E-state index contributed by atoms with van der Waals surface area (Å²) < 4.78 is 121. The molecule has 6 nitrogen and oxygen atoms in total. The van der Waals surface area contributed by atoms with Crippen molar-refractivity contribution < 1.29 is 22.6 Å². The van der Waals surface area contributed by atoms with Gasteiger partial charge in [0.1, 0.15) is 17.3 Å². The summed E-state index contributed by atoms with van der Waals surface area (Å²) in [6, 6.07) is 24.9. The van der Waals surface area contributed by atoms with Gasteiger partial charge >= 0.3 is 6.01 Å². The van der Waals surface area contributed by atoms with Crippen molar-refractivity contribution in [2.75, 3.05) is 0 Å². The molecule has 1 aliphatic rings. The minimum Gasteiger partial charge on any atom is -0.457 e. The molecule has 240 valence electrons. The molecule has 4 aromatic carbocycles. The Hall–Kier alpha value is -5.84. The summed E-state index contributed by atoms with van der Waals surface area (Å²) in [4.78, 5) is 9.15. The Balaban J connectivity index is 1.25. The summed E-state index contributed by atoms with van der Waals surface area (Å²) in [5, 5.41) is 1.98. The Morgan fingerprint density at radius 2 is 1.43 bits per heavy atom. The van der Waals surface area contributed by atoms with Crippen molar-refractivity contribution in [3.63, 3.8) is 0 Å². The molecule has 3 aromatic heterocycles. The van der Waals surface area contributed by atoms with Gasteiger partial charge in [-0.05, 0) is 67.5 Å². The van der Waals surface area contributed by atoms with Crippen molar-refractivity contribution in [1.82, 2.24) is 23.7 Å². The van der Waals surface area contributed by atoms with E-state index in [4.69, 9.17) is 27.5 Å². The van der Waals surface area contributed by atoms with Crippen LogP contribution in [0.5, 0.6) is 11.5 Å². The Bertz CT molecular complexity index is 2980. The average molecular weight is 655 g/mol. The fraction of sp³-hybridized carbons (Fsp3) is 0.186. The second kappa shape index (κ2) is 11.4. The third-order valence-electron chi connectivity index (χ3n) is 8.47. The van der Waals surface area contributed by atoms with Gasteiger partial charge in [-0.1, -0.05) is 71.6 Å². The molecule has 49 heavy (non-hydrogen) atoms. The summed E-state index contributed by atoms with van der Waals surface area (Å²) in [6.07, 6.45) is 5.36. The van der Waals surface area contributed by atoms with Gasteiger partial charge in [-0.15, -0.1) is 0 Å². The smallest absolute Gasteiger partial charge is 0.457 e. The standard InChI is InChI=1S/C43H39N5O/c1-42(2,3)29-14-16-31(17-15-29)46-28-47(38-13-8-7-12-37(38)46)32-10-9-11-33(25-32)49-34-18-19-35-36-21-22-44-27-40(36)48(39(35)26-34)41-24-30(20-23-45-41)43(4,5)6/h7-27H,1-6H3/q+2/i1D3,2D3,3D3,14D,15D,16D,17D. The van der Waals surface area contributed by atoms with Crippen molar-refractivity contribution in [3.05, 3.63) is 139 Å². The lowest BCUT2D eigenvalue weighted by molar-refractivity contribution is 0.483. The molecule has 0 atom stereocenters. The lowest BCUT2D eigenvalue weighted by atomic mass is 9.87. The van der Waals surface area contributed by atoms with E-state index in [2.05, 4.69) is 42.4 Å². The van der Waals surface area contributed by atoms with E-state index in [0.717, 1.165) is 33.2 Å². The van der Waals surface area contributed by atoms with Crippen LogP contribution >= 0.6 is 0 Å². The van der Waals surface area contributed by atoms with Crippen LogP contribution in [-0.2, 0) is 10.8 Å². The monoisotopic (exact) mass is 654 g/mol. The molecule has 0 saturated heterocycles. The first-order chi connectivity index (χ1) is 29.0. The summed E-state index contributed by atoms with van der Waals surface area (Å²) in [5.41, 5.74) is -1.25. The summed E-state index contributed by atoms with van der Waals surface area (Å²) in [7, 11) is 0. The van der Waals surface area contributed by atoms with Gasteiger partial charge in [0.2, 0.25) is 11.4 Å². The Labute approximate surface area is 305 Å². The lowest BCUT2D eigenvalue weighted by Crippen LogP contribution is -2.12. The Morgan fingerprint density at radius 3 is 2.18 bits per heavy atom. The highest BCUT2D eigenvalue weighted by Crippen LogP contribution is 2.39. The third-order valence-corrected chi connectivity index (χ3v) is 8.47. The van der Waals surface area contributed by atoms with Crippen LogP contribution in [-0.4, -0.2) is 20.5 Å². The largest absolute Gasteiger partial charge is 0.503 e. The van der Waals surface area contributed by atoms with E-state index in [9.17, 15) is 0 Å². The van der Waals surface area contributed by atoms with Crippen molar-refractivity contribution in [1.29, 1.82) is 0 Å². The van der Waals surface area contributed by atoms with Crippen molar-refractivity contribution in [3.8, 4) is 17.3 Å². The quantitative estimate of drug-likeness (QED) is 0.174. The summed E-state index contributed by atoms with van der Waals surface area (Å²) in [6.45, 7) is -4.95. The van der Waals surface area contributed by atoms with Gasteiger partial charge in [-0.25, -0.2) is 4.98 Å². The molecule has 0 fully saturated rings. The number of benzene rings is 4. The van der Waals surface area contributed by atoms with Gasteiger partial charge in [0.05, 0.1) is 28.8 Å². The molecule has 0 radical (unpaired) electrons. The van der Waals surface area contributed by atoms with E-state index in [1.165, 1.54) is 4.58 Å². The topological polar surface area (TPSA) is 46.0 Å². The first-order valence-electron chi connectivity index (χ1n) is 22.2. The molecule has 7 aromatic rings. The maximum atomic E-state index is 9.03. The van der Waals surface area contributed by atoms with Crippen LogP contribution in [0.2, 0.25) is 0 Å². The molecule has 0 N–H and O–H groups in total. The molecule has 4 heterocycles. The Morgan fingerprint density at radius 1 is 0.694 bits per heavy atom. The van der Waals surface area contributed by atoms with Crippen LogP contribution < -0.4 is 13.9 Å². The minimum atomic E-state index is -3.80. The van der Waals surface area contributed by atoms with Crippen LogP contribution in [0.3, 0.4) is 0 Å². The van der Waals surface area contributed by atoms with E-state index in [1.807, 2.05) is 36.5 Å². The number of para-hydroxylation sites is 2. The second-order valence-electron chi connectivity index (χ2n) is 12.9. The number of rotatable bonds is 5. The molecule has 6 heteroatoms. The zero-order valence-corrected chi connectivity index (χ0v) is 27.0. The van der Waals surface area contributed by atoms with Crippen molar-refractivity contribution in [2.45, 2.75) is 52.2 Å². The number of fused-ring (bicyclic) bond motifs is 4. The van der Waals surface area contributed by atoms with E-state index < -0.39 is 61.4 Å². The fourth-order valence-corrected chi connectivity index (χ4v) is 6.01. The summed E-state index contributed by atoms with van der Waals surface area (Å²) in [5.74, 6) is 1.71. The molecular weight excluding hydrogens is 603 g/mol. The highest BCUT2D eigenvalue weighted by Gasteiger charge is 2.36. The number of pyridine rings is 2. The van der Waals surface area contributed by atoms with Crippen LogP contribution in [0.25, 0.3) is 27.6 Å². The average Bonchev–Trinajstić information content (AvgIpc) is 3.73. The SMILES string of the molecule is [2H]c1c([2H])c(C(C([2H])([2H])[2H])(C([2H])([2H])[2H])C([2H])([2H])[2H])c([2H])c([2H])c1[N+]1=C=[N+](c2cccc(Oc3ccc4c5ccncc5n(-c5cc(C(C)(C)C)ccn5)c4c3)c2)c2ccccc21. The zero-order valence-electron chi connectivity index (χ0n) is 40.0. The molecule has 0 saturated carbocycles. The number of ether oxygens (including phenoxy) is 1. The zero-order chi connectivity index (χ0) is 44.9. The fourth-order valence-electron chi connectivity index (χ4n) is 6.01. The molecule has 0 spiro atoms. The van der Waals surface area contributed by atoms with Gasteiger partial charge in [0, 0.05) is 71.9 Å². The van der Waals surface area contributed by atoms with Gasteiger partial charge < -0.3 is 4.74 Å². The van der Waals surface area contributed by atoms with E-state index >= 15 is 0 Å². The number of nitrogens with zero attached hydrogens (tertiary/aromatic N) is 5. The van der Waals surface area contributed by atoms with Crippen LogP contribution in [0.15, 0.2) is 128 Å². The predicted octanol–water partition coefficient (Wildman–Crippen LogP) is 10.8. The Kier molecular flexibility index (Phi) is 4.47. The van der Waals surface area contributed by atoms with Gasteiger partial charge in [0.15, 0.2) is 0 Å². The number of aromatic nitrogens is 3. The van der Waals surface area contributed by atoms with Gasteiger partial charge in [0.25, 0.3) is 11.4 Å². The van der Waals surface area contributed by atoms with Gasteiger partial charge in [-0.3, -0.25) is 9.55 Å². The highest BCUT2D eigenvalue weighted by atomic mass is 16.5. The maximum absolute atomic E-state index is 9.03. The molecule has 0 aliphatic carbocycles. The van der Waals surface area contributed by atoms with E-state index in [0.29, 0.717) is 28.6 Å². The normalized spacial score (nSPS) is 17.7. The minimum absolute atomic E-state index is 0.112. The molecule has 0 bridgehead atoms. The molecular formula is C43H39N5O+2. The van der Waals surface area contributed by atoms with E-state index in [1.54, 1.807) is 65.5 Å². The third kappa shape index (κ3) is 5.50. The first-order valence-corrected chi connectivity index (χ1v) is 15.7. The number of hydrogen-bond donors (Lipinski definition) is 0. The molecule has 0 unspecified atom stereocenters. The highest BCUT2D eigenvalue weighted by molar-refractivity contribution is 6.09. The second-order valence-corrected chi connectivity index (χ2v) is 12.9. The maximum Gasteiger partial charge on any atom is 0.503 e. The van der Waals surface area contributed by atoms with Gasteiger partial charge in [-0.2, -0.15) is 0 Å². The van der Waals surface area contributed by atoms with Crippen molar-refractivity contribution >= 4 is 50.6 Å². The van der Waals surface area contributed by atoms with Crippen LogP contribution in [0.4, 0.5) is 22.7 Å². The number of hydrogen-bond acceptors (Lipinski definition) is 3. The van der Waals surface area contributed by atoms with Crippen molar-refractivity contribution in [2.24, 2.45) is 0 Å². The molecule has 8 rings (SSSR count). The van der Waals surface area contributed by atoms with Crippen LogP contribution in [0, 0.1) is 0 Å². The predicted molar refractivity (Wildman–Crippen MR) is 201 cm³/mol. The lowest BCUT2D eigenvalue weighted by Gasteiger charge is -2.20. The van der Waals surface area contributed by atoms with Crippen LogP contribution in [0.1, 0.15) is 70.3 Å². The first kappa shape index (κ1) is 19.2. The molecule has 1 aliphatic heterocycles. The summed E-state index contributed by atoms with van der Waals surface area (Å²) >= 11 is 0.